The lowest BCUT2D eigenvalue weighted by Crippen LogP contribution is -2.18. The van der Waals surface area contributed by atoms with E-state index in [1.165, 1.54) is 19.1 Å². The van der Waals surface area contributed by atoms with Crippen molar-refractivity contribution in [1.82, 2.24) is 0 Å². The molecule has 0 heterocycles. The third kappa shape index (κ3) is 4.42. The maximum atomic E-state index is 13.1. The summed E-state index contributed by atoms with van der Waals surface area (Å²) in [7, 11) is 0. The number of carbonyl (C=O) groups is 2. The van der Waals surface area contributed by atoms with Crippen LogP contribution >= 0.6 is 0 Å². The van der Waals surface area contributed by atoms with Crippen LogP contribution in [-0.4, -0.2) is 11.7 Å². The molecule has 1 amide bonds. The number of rotatable bonds is 4. The normalized spacial score (nSPS) is 11.1. The maximum absolute atomic E-state index is 13.1. The van der Waals surface area contributed by atoms with Crippen LogP contribution in [0.2, 0.25) is 0 Å². The second-order valence-corrected chi connectivity index (χ2v) is 5.05. The van der Waals surface area contributed by atoms with Gasteiger partial charge in [0.25, 0.3) is 0 Å². The molecule has 0 spiro atoms. The van der Waals surface area contributed by atoms with E-state index in [0.29, 0.717) is 5.56 Å². The first-order chi connectivity index (χ1) is 10.8. The van der Waals surface area contributed by atoms with Gasteiger partial charge in [0, 0.05) is 0 Å². The minimum atomic E-state index is -4.60. The van der Waals surface area contributed by atoms with Crippen molar-refractivity contribution in [3.05, 3.63) is 54.1 Å². The van der Waals surface area contributed by atoms with E-state index >= 15 is 0 Å². The number of carbonyl (C=O) groups excluding carboxylic acids is 2. The predicted octanol–water partition coefficient (Wildman–Crippen LogP) is 4.29. The quantitative estimate of drug-likeness (QED) is 0.854. The molecule has 0 aromatic heterocycles. The van der Waals surface area contributed by atoms with Crippen molar-refractivity contribution >= 4 is 17.4 Å². The minimum Gasteiger partial charge on any atom is -0.325 e. The lowest BCUT2D eigenvalue weighted by atomic mass is 10.0. The molecule has 0 aliphatic rings. The number of nitrogens with one attached hydrogen (secondary N) is 1. The Morgan fingerprint density at radius 3 is 2.22 bits per heavy atom. The van der Waals surface area contributed by atoms with Crippen LogP contribution in [0.1, 0.15) is 18.9 Å². The summed E-state index contributed by atoms with van der Waals surface area (Å²) in [4.78, 5) is 22.6. The molecule has 0 saturated heterocycles. The Hall–Kier alpha value is -2.63. The fraction of sp³-hybridized carbons (Fsp3) is 0.176. The Morgan fingerprint density at radius 2 is 1.65 bits per heavy atom. The Labute approximate surface area is 131 Å². The lowest BCUT2D eigenvalue weighted by molar-refractivity contribution is -0.137. The summed E-state index contributed by atoms with van der Waals surface area (Å²) in [6.45, 7) is 1.20. The lowest BCUT2D eigenvalue weighted by Gasteiger charge is -2.15. The highest BCUT2D eigenvalue weighted by Crippen LogP contribution is 2.37. The Bertz CT molecular complexity index is 724. The second-order valence-electron chi connectivity index (χ2n) is 5.05. The van der Waals surface area contributed by atoms with Crippen LogP contribution in [0.25, 0.3) is 11.1 Å². The van der Waals surface area contributed by atoms with Crippen LogP contribution < -0.4 is 5.32 Å². The molecule has 0 radical (unpaired) electrons. The second kappa shape index (κ2) is 6.64. The van der Waals surface area contributed by atoms with Crippen LogP contribution in [0.4, 0.5) is 18.9 Å². The van der Waals surface area contributed by atoms with Crippen LogP contribution in [0.3, 0.4) is 0 Å². The minimum absolute atomic E-state index is 0.356. The standard InChI is InChI=1S/C17H14F3NO2/c1-11(22)9-16(23)21-15-10-13(12-5-3-2-4-6-12)7-8-14(15)17(18,19)20/h2-8,10H,9H2,1H3,(H,21,23). The fourth-order valence-electron chi connectivity index (χ4n) is 2.13. The Kier molecular flexibility index (Phi) is 4.83. The monoisotopic (exact) mass is 321 g/mol. The zero-order valence-electron chi connectivity index (χ0n) is 12.3. The van der Waals surface area contributed by atoms with Gasteiger partial charge in [-0.25, -0.2) is 0 Å². The summed E-state index contributed by atoms with van der Waals surface area (Å²) in [5.74, 6) is -1.19. The summed E-state index contributed by atoms with van der Waals surface area (Å²) < 4.78 is 39.2. The fourth-order valence-corrected chi connectivity index (χ4v) is 2.13. The average Bonchev–Trinajstić information content (AvgIpc) is 2.46. The number of halogens is 3. The van der Waals surface area contributed by atoms with Crippen molar-refractivity contribution < 1.29 is 22.8 Å². The number of alkyl halides is 3. The first-order valence-corrected chi connectivity index (χ1v) is 6.83. The van der Waals surface area contributed by atoms with Crippen LogP contribution in [0, 0.1) is 0 Å². The van der Waals surface area contributed by atoms with Gasteiger partial charge < -0.3 is 5.32 Å². The van der Waals surface area contributed by atoms with Crippen molar-refractivity contribution in [3.8, 4) is 11.1 Å². The molecule has 2 aromatic carbocycles. The van der Waals surface area contributed by atoms with Crippen LogP contribution in [0.15, 0.2) is 48.5 Å². The summed E-state index contributed by atoms with van der Waals surface area (Å²) >= 11 is 0. The number of Topliss-reactive ketones (excluding diaryl/α,β-unsaturated/α-hetero) is 1. The van der Waals surface area contributed by atoms with Gasteiger partial charge in [-0.05, 0) is 30.2 Å². The van der Waals surface area contributed by atoms with E-state index in [2.05, 4.69) is 5.32 Å². The number of ketones is 1. The van der Waals surface area contributed by atoms with Gasteiger partial charge in [-0.2, -0.15) is 13.2 Å². The molecule has 0 saturated carbocycles. The molecule has 2 aromatic rings. The molecule has 0 atom stereocenters. The molecule has 2 rings (SSSR count). The topological polar surface area (TPSA) is 46.2 Å². The smallest absolute Gasteiger partial charge is 0.325 e. The van der Waals surface area contributed by atoms with Crippen molar-refractivity contribution in [2.24, 2.45) is 0 Å². The first kappa shape index (κ1) is 16.7. The molecule has 0 aliphatic heterocycles. The van der Waals surface area contributed by atoms with Gasteiger partial charge in [0.1, 0.15) is 5.78 Å². The summed E-state index contributed by atoms with van der Waals surface area (Å²) in [5.41, 5.74) is -0.0424. The number of anilines is 1. The number of amides is 1. The van der Waals surface area contributed by atoms with E-state index in [9.17, 15) is 22.8 Å². The average molecular weight is 321 g/mol. The van der Waals surface area contributed by atoms with Crippen LogP contribution in [0.5, 0.6) is 0 Å². The third-order valence-corrected chi connectivity index (χ3v) is 3.12. The number of benzene rings is 2. The zero-order chi connectivity index (χ0) is 17.0. The number of hydrogen-bond donors (Lipinski definition) is 1. The molecule has 0 unspecified atom stereocenters. The van der Waals surface area contributed by atoms with E-state index in [4.69, 9.17) is 0 Å². The third-order valence-electron chi connectivity index (χ3n) is 3.12. The highest BCUT2D eigenvalue weighted by atomic mass is 19.4. The van der Waals surface area contributed by atoms with Crippen LogP contribution in [-0.2, 0) is 15.8 Å². The zero-order valence-corrected chi connectivity index (χ0v) is 12.3. The number of hydrogen-bond acceptors (Lipinski definition) is 2. The van der Waals surface area contributed by atoms with Gasteiger partial charge in [-0.3, -0.25) is 9.59 Å². The molecular formula is C17H14F3NO2. The SMILES string of the molecule is CC(=O)CC(=O)Nc1cc(-c2ccccc2)ccc1C(F)(F)F. The molecule has 0 aliphatic carbocycles. The molecule has 120 valence electrons. The maximum Gasteiger partial charge on any atom is 0.418 e. The van der Waals surface area contributed by atoms with E-state index in [-0.39, 0.29) is 5.69 Å². The van der Waals surface area contributed by atoms with Gasteiger partial charge >= 0.3 is 6.18 Å². The highest BCUT2D eigenvalue weighted by molar-refractivity contribution is 6.04. The van der Waals surface area contributed by atoms with Gasteiger partial charge in [0.15, 0.2) is 0 Å². The molecule has 23 heavy (non-hydrogen) atoms. The van der Waals surface area contributed by atoms with Gasteiger partial charge in [0.2, 0.25) is 5.91 Å². The largest absolute Gasteiger partial charge is 0.418 e. The van der Waals surface area contributed by atoms with Crippen molar-refractivity contribution in [1.29, 1.82) is 0 Å². The predicted molar refractivity (Wildman–Crippen MR) is 80.8 cm³/mol. The molecule has 0 bridgehead atoms. The van der Waals surface area contributed by atoms with Gasteiger partial charge in [0.05, 0.1) is 17.7 Å². The van der Waals surface area contributed by atoms with Gasteiger partial charge in [-0.1, -0.05) is 36.4 Å². The highest BCUT2D eigenvalue weighted by Gasteiger charge is 2.34. The van der Waals surface area contributed by atoms with E-state index < -0.39 is 29.9 Å². The van der Waals surface area contributed by atoms with Crippen molar-refractivity contribution in [2.75, 3.05) is 5.32 Å². The molecule has 0 fully saturated rings. The molecule has 6 heteroatoms. The van der Waals surface area contributed by atoms with E-state index in [1.54, 1.807) is 30.3 Å². The van der Waals surface area contributed by atoms with Gasteiger partial charge in [-0.15, -0.1) is 0 Å². The first-order valence-electron chi connectivity index (χ1n) is 6.83. The van der Waals surface area contributed by atoms with Crippen molar-refractivity contribution in [3.63, 3.8) is 0 Å². The van der Waals surface area contributed by atoms with E-state index in [0.717, 1.165) is 11.6 Å². The van der Waals surface area contributed by atoms with Crippen molar-refractivity contribution in [2.45, 2.75) is 19.5 Å². The molecule has 3 nitrogen and oxygen atoms in total. The summed E-state index contributed by atoms with van der Waals surface area (Å²) in [6.07, 6.45) is -5.07. The summed E-state index contributed by atoms with van der Waals surface area (Å²) in [5, 5.41) is 2.18. The van der Waals surface area contributed by atoms with E-state index in [1.807, 2.05) is 0 Å². The Morgan fingerprint density at radius 1 is 1.00 bits per heavy atom. The Balaban J connectivity index is 2.42. The molecular weight excluding hydrogens is 307 g/mol. The summed E-state index contributed by atoms with van der Waals surface area (Å²) in [6, 6.07) is 12.4. The molecule has 1 N–H and O–H groups in total.